The van der Waals surface area contributed by atoms with Crippen molar-refractivity contribution in [2.24, 2.45) is 5.73 Å². The maximum Gasteiger partial charge on any atom is 0.161 e. The van der Waals surface area contributed by atoms with Gasteiger partial charge in [-0.3, -0.25) is 4.90 Å². The Bertz CT molecular complexity index is 616. The van der Waals surface area contributed by atoms with Crippen molar-refractivity contribution in [2.75, 3.05) is 26.8 Å². The average Bonchev–Trinajstić information content (AvgIpc) is 2.63. The number of methoxy groups -OCH3 is 1. The van der Waals surface area contributed by atoms with Gasteiger partial charge in [-0.2, -0.15) is 0 Å². The lowest BCUT2D eigenvalue weighted by Crippen LogP contribution is -2.33. The number of hydrogen-bond donors (Lipinski definition) is 1. The molecule has 0 aromatic heterocycles. The number of likely N-dealkylation sites (N-methyl/N-ethyl adjacent to an activating group) is 1. The van der Waals surface area contributed by atoms with E-state index in [1.54, 1.807) is 7.11 Å². The van der Waals surface area contributed by atoms with Gasteiger partial charge in [0.2, 0.25) is 0 Å². The van der Waals surface area contributed by atoms with Crippen LogP contribution in [-0.4, -0.2) is 31.7 Å². The normalized spacial score (nSPS) is 12.2. The second-order valence-corrected chi connectivity index (χ2v) is 5.64. The molecule has 0 aliphatic carbocycles. The quantitative estimate of drug-likeness (QED) is 0.764. The van der Waals surface area contributed by atoms with Crippen LogP contribution < -0.4 is 15.2 Å². The number of nitrogens with zero attached hydrogens (tertiary/aromatic N) is 1. The first kappa shape index (κ1) is 18.3. The highest BCUT2D eigenvalue weighted by Crippen LogP contribution is 2.32. The average molecular weight is 328 g/mol. The number of benzene rings is 2. The molecule has 4 heteroatoms. The lowest BCUT2D eigenvalue weighted by Gasteiger charge is -2.30. The van der Waals surface area contributed by atoms with Crippen LogP contribution in [0.15, 0.2) is 48.5 Å². The smallest absolute Gasteiger partial charge is 0.161 e. The van der Waals surface area contributed by atoms with Crippen molar-refractivity contribution in [1.29, 1.82) is 0 Å². The fourth-order valence-corrected chi connectivity index (χ4v) is 2.92. The van der Waals surface area contributed by atoms with Crippen molar-refractivity contribution in [3.63, 3.8) is 0 Å². The van der Waals surface area contributed by atoms with Gasteiger partial charge in [-0.15, -0.1) is 0 Å². The van der Waals surface area contributed by atoms with Crippen molar-refractivity contribution < 1.29 is 9.47 Å². The highest BCUT2D eigenvalue weighted by atomic mass is 16.5. The summed E-state index contributed by atoms with van der Waals surface area (Å²) in [5.74, 6) is 1.52. The van der Waals surface area contributed by atoms with Crippen LogP contribution in [0.4, 0.5) is 0 Å². The molecule has 0 amide bonds. The van der Waals surface area contributed by atoms with Crippen molar-refractivity contribution in [2.45, 2.75) is 26.4 Å². The Labute approximate surface area is 145 Å². The molecule has 0 spiro atoms. The number of ether oxygens (including phenoxy) is 2. The highest BCUT2D eigenvalue weighted by molar-refractivity contribution is 5.44. The zero-order valence-corrected chi connectivity index (χ0v) is 14.9. The Morgan fingerprint density at radius 2 is 1.79 bits per heavy atom. The van der Waals surface area contributed by atoms with Crippen LogP contribution in [0.5, 0.6) is 11.5 Å². The third kappa shape index (κ3) is 4.49. The van der Waals surface area contributed by atoms with E-state index in [9.17, 15) is 0 Å². The van der Waals surface area contributed by atoms with Crippen LogP contribution in [0.25, 0.3) is 0 Å². The molecule has 1 unspecified atom stereocenters. The minimum absolute atomic E-state index is 0.139. The zero-order chi connectivity index (χ0) is 17.4. The molecule has 1 atom stereocenters. The molecule has 0 heterocycles. The minimum atomic E-state index is 0.139. The van der Waals surface area contributed by atoms with Gasteiger partial charge < -0.3 is 15.2 Å². The summed E-state index contributed by atoms with van der Waals surface area (Å²) >= 11 is 0. The molecular weight excluding hydrogens is 300 g/mol. The molecule has 0 radical (unpaired) electrons. The third-order valence-electron chi connectivity index (χ3n) is 4.17. The van der Waals surface area contributed by atoms with Gasteiger partial charge in [-0.05, 0) is 36.7 Å². The Morgan fingerprint density at radius 3 is 2.38 bits per heavy atom. The van der Waals surface area contributed by atoms with E-state index in [4.69, 9.17) is 15.2 Å². The standard InChI is InChI=1S/C20H28N2O2/c1-4-22(15-16-9-7-6-8-10-16)18(14-21)17-11-12-19(24-5-2)20(13-17)23-3/h6-13,18H,4-5,14-15,21H2,1-3H3. The fraction of sp³-hybridized carbons (Fsp3) is 0.400. The zero-order valence-electron chi connectivity index (χ0n) is 14.9. The third-order valence-corrected chi connectivity index (χ3v) is 4.17. The van der Waals surface area contributed by atoms with Crippen LogP contribution in [0.2, 0.25) is 0 Å². The van der Waals surface area contributed by atoms with Crippen LogP contribution in [0.3, 0.4) is 0 Å². The summed E-state index contributed by atoms with van der Waals surface area (Å²) in [4.78, 5) is 2.38. The predicted molar refractivity (Wildman–Crippen MR) is 98.5 cm³/mol. The van der Waals surface area contributed by atoms with E-state index in [-0.39, 0.29) is 6.04 Å². The Balaban J connectivity index is 2.25. The molecule has 2 rings (SSSR count). The summed E-state index contributed by atoms with van der Waals surface area (Å²) in [6, 6.07) is 16.7. The maximum absolute atomic E-state index is 6.11. The lowest BCUT2D eigenvalue weighted by atomic mass is 10.0. The van der Waals surface area contributed by atoms with Gasteiger partial charge in [0.25, 0.3) is 0 Å². The Kier molecular flexibility index (Phi) is 7.09. The van der Waals surface area contributed by atoms with E-state index in [2.05, 4.69) is 42.2 Å². The molecule has 0 fully saturated rings. The maximum atomic E-state index is 6.11. The minimum Gasteiger partial charge on any atom is -0.493 e. The second kappa shape index (κ2) is 9.30. The van der Waals surface area contributed by atoms with Gasteiger partial charge >= 0.3 is 0 Å². The van der Waals surface area contributed by atoms with Crippen molar-refractivity contribution in [3.05, 3.63) is 59.7 Å². The van der Waals surface area contributed by atoms with Gasteiger partial charge in [-0.25, -0.2) is 0 Å². The summed E-state index contributed by atoms with van der Waals surface area (Å²) in [7, 11) is 1.67. The number of hydrogen-bond acceptors (Lipinski definition) is 4. The van der Waals surface area contributed by atoms with E-state index in [1.165, 1.54) is 5.56 Å². The van der Waals surface area contributed by atoms with E-state index in [0.29, 0.717) is 13.2 Å². The summed E-state index contributed by atoms with van der Waals surface area (Å²) in [5, 5.41) is 0. The van der Waals surface area contributed by atoms with E-state index in [1.807, 2.05) is 25.1 Å². The van der Waals surface area contributed by atoms with Crippen LogP contribution in [0, 0.1) is 0 Å². The van der Waals surface area contributed by atoms with E-state index >= 15 is 0 Å². The van der Waals surface area contributed by atoms with Crippen LogP contribution >= 0.6 is 0 Å². The van der Waals surface area contributed by atoms with Gasteiger partial charge in [0, 0.05) is 19.1 Å². The molecule has 0 bridgehead atoms. The Morgan fingerprint density at radius 1 is 1.04 bits per heavy atom. The summed E-state index contributed by atoms with van der Waals surface area (Å²) in [6.07, 6.45) is 0. The number of rotatable bonds is 9. The largest absolute Gasteiger partial charge is 0.493 e. The SMILES string of the molecule is CCOc1ccc(C(CN)N(CC)Cc2ccccc2)cc1OC. The van der Waals surface area contributed by atoms with Gasteiger partial charge in [-0.1, -0.05) is 43.3 Å². The molecular formula is C20H28N2O2. The first-order chi connectivity index (χ1) is 11.7. The van der Waals surface area contributed by atoms with Crippen LogP contribution in [-0.2, 0) is 6.54 Å². The summed E-state index contributed by atoms with van der Waals surface area (Å²) in [5.41, 5.74) is 8.55. The Hall–Kier alpha value is -2.04. The van der Waals surface area contributed by atoms with Gasteiger partial charge in [0.15, 0.2) is 11.5 Å². The molecule has 130 valence electrons. The van der Waals surface area contributed by atoms with Crippen molar-refractivity contribution in [3.8, 4) is 11.5 Å². The molecule has 0 saturated carbocycles. The molecule has 0 aliphatic rings. The summed E-state index contributed by atoms with van der Waals surface area (Å²) < 4.78 is 11.1. The molecule has 2 N–H and O–H groups in total. The van der Waals surface area contributed by atoms with E-state index < -0.39 is 0 Å². The van der Waals surface area contributed by atoms with Crippen molar-refractivity contribution in [1.82, 2.24) is 4.90 Å². The molecule has 4 nitrogen and oxygen atoms in total. The van der Waals surface area contributed by atoms with Gasteiger partial charge in [0.1, 0.15) is 0 Å². The van der Waals surface area contributed by atoms with Gasteiger partial charge in [0.05, 0.1) is 13.7 Å². The molecule has 2 aromatic carbocycles. The molecule has 0 saturated heterocycles. The number of nitrogens with two attached hydrogens (primary N) is 1. The first-order valence-corrected chi connectivity index (χ1v) is 8.52. The van der Waals surface area contributed by atoms with E-state index in [0.717, 1.165) is 30.2 Å². The fourth-order valence-electron chi connectivity index (χ4n) is 2.92. The lowest BCUT2D eigenvalue weighted by molar-refractivity contribution is 0.203. The summed E-state index contributed by atoms with van der Waals surface area (Å²) in [6.45, 7) is 7.09. The second-order valence-electron chi connectivity index (χ2n) is 5.64. The highest BCUT2D eigenvalue weighted by Gasteiger charge is 2.19. The monoisotopic (exact) mass is 328 g/mol. The molecule has 24 heavy (non-hydrogen) atoms. The van der Waals surface area contributed by atoms with Crippen molar-refractivity contribution >= 4 is 0 Å². The topological polar surface area (TPSA) is 47.7 Å². The molecule has 0 aliphatic heterocycles. The van der Waals surface area contributed by atoms with Crippen LogP contribution in [0.1, 0.15) is 31.0 Å². The first-order valence-electron chi connectivity index (χ1n) is 8.52. The predicted octanol–water partition coefficient (Wildman–Crippen LogP) is 3.62. The molecule has 2 aromatic rings.